The number of ether oxygens (including phenoxy) is 1. The molecule has 1 aromatic heterocycles. The van der Waals surface area contributed by atoms with Crippen LogP contribution >= 0.6 is 8.60 Å². The number of para-hydroxylation sites is 1. The maximum atomic E-state index is 13.0. The van der Waals surface area contributed by atoms with Crippen molar-refractivity contribution >= 4 is 38.1 Å². The average molecular weight is 518 g/mol. The second-order valence-corrected chi connectivity index (χ2v) is 9.15. The van der Waals surface area contributed by atoms with Crippen LogP contribution in [0.15, 0.2) is 83.2 Å². The number of rotatable bonds is 9. The molecule has 2 heterocycles. The molecule has 0 bridgehead atoms. The molecular formula is C28H28N3O5P. The molecule has 0 fully saturated rings. The van der Waals surface area contributed by atoms with Crippen molar-refractivity contribution in [2.75, 3.05) is 12.4 Å². The lowest BCUT2D eigenvalue weighted by Gasteiger charge is -2.12. The summed E-state index contributed by atoms with van der Waals surface area (Å²) in [7, 11) is -0.898. The lowest BCUT2D eigenvalue weighted by atomic mass is 10.1. The topological polar surface area (TPSA) is 116 Å². The number of nitrogens with one attached hydrogen (secondary N) is 2. The molecule has 8 nitrogen and oxygen atoms in total. The van der Waals surface area contributed by atoms with Gasteiger partial charge in [0.05, 0.1) is 19.4 Å². The van der Waals surface area contributed by atoms with Gasteiger partial charge in [-0.2, -0.15) is 0 Å². The highest BCUT2D eigenvalue weighted by atomic mass is 31.2. The molecule has 0 unspecified atom stereocenters. The number of carbonyl (C=O) groups excluding carboxylic acids is 1. The molecule has 0 saturated heterocycles. The second kappa shape index (κ2) is 12.0. The zero-order chi connectivity index (χ0) is 26.4. The summed E-state index contributed by atoms with van der Waals surface area (Å²) >= 11 is 0. The summed E-state index contributed by atoms with van der Waals surface area (Å²) in [4.78, 5) is 39.2. The number of aromatic amines is 1. The number of carbonyl (C=O) groups is 1. The third-order valence-electron chi connectivity index (χ3n) is 5.71. The fraction of sp³-hybridized carbons (Fsp3) is 0.143. The number of anilines is 1. The molecule has 0 spiro atoms. The maximum absolute atomic E-state index is 13.0. The molecule has 190 valence electrons. The van der Waals surface area contributed by atoms with E-state index in [4.69, 9.17) is 24.0 Å². The molecule has 1 amide bonds. The first kappa shape index (κ1) is 26.3. The van der Waals surface area contributed by atoms with Crippen molar-refractivity contribution in [2.24, 2.45) is 4.99 Å². The van der Waals surface area contributed by atoms with Crippen LogP contribution in [0.4, 0.5) is 5.69 Å². The van der Waals surface area contributed by atoms with E-state index >= 15 is 0 Å². The Morgan fingerprint density at radius 2 is 1.86 bits per heavy atom. The van der Waals surface area contributed by atoms with E-state index < -0.39 is 8.60 Å². The fourth-order valence-electron chi connectivity index (χ4n) is 3.94. The summed E-state index contributed by atoms with van der Waals surface area (Å²) in [6.07, 6.45) is 7.57. The van der Waals surface area contributed by atoms with Crippen molar-refractivity contribution in [1.82, 2.24) is 4.98 Å². The molecule has 0 aliphatic carbocycles. The monoisotopic (exact) mass is 517 g/mol. The first-order valence-electron chi connectivity index (χ1n) is 11.5. The molecule has 0 saturated carbocycles. The van der Waals surface area contributed by atoms with E-state index in [0.717, 1.165) is 33.9 Å². The Balaban J connectivity index is 1.54. The number of benzene rings is 2. The number of amides is 1. The molecule has 9 heteroatoms. The van der Waals surface area contributed by atoms with Crippen LogP contribution in [0.25, 0.3) is 12.2 Å². The van der Waals surface area contributed by atoms with Crippen LogP contribution in [0, 0.1) is 13.8 Å². The minimum Gasteiger partial charge on any atom is -0.494 e. The largest absolute Gasteiger partial charge is 0.494 e. The van der Waals surface area contributed by atoms with Crippen LogP contribution in [0.2, 0.25) is 0 Å². The Kier molecular flexibility index (Phi) is 8.48. The number of aromatic nitrogens is 1. The summed E-state index contributed by atoms with van der Waals surface area (Å²) in [6.45, 7) is 3.96. The molecule has 4 N–H and O–H groups in total. The van der Waals surface area contributed by atoms with E-state index in [1.807, 2.05) is 62.4 Å². The first-order valence-corrected chi connectivity index (χ1v) is 12.7. The Labute approximate surface area is 216 Å². The standard InChI is InChI=1S/C28H28N3O5P/c1-18-14-19(2)29-25(18)16-26-27(35-3)15-22(30-26)13-12-20-8-5-7-11-24(20)31-28(32)23-10-6-4-9-21(23)17-36-37(33)34/h4-16,29,33-34H,17H2,1-3H3,(H,31,32)/b13-12+,26-16+. The van der Waals surface area contributed by atoms with Gasteiger partial charge in [-0.25, -0.2) is 4.99 Å². The highest BCUT2D eigenvalue weighted by Crippen LogP contribution is 2.28. The minimum atomic E-state index is -2.51. The lowest BCUT2D eigenvalue weighted by Crippen LogP contribution is -2.15. The lowest BCUT2D eigenvalue weighted by molar-refractivity contribution is 0.102. The summed E-state index contributed by atoms with van der Waals surface area (Å²) in [6, 6.07) is 16.4. The average Bonchev–Trinajstić information content (AvgIpc) is 3.43. The SMILES string of the molecule is COC1=CC(/C=C/c2ccccc2NC(=O)c2ccccc2COP(O)O)=NC/1=C/c1[nH]c(C)cc1C. The normalized spacial score (nSPS) is 14.4. The van der Waals surface area contributed by atoms with Crippen LogP contribution in [-0.2, 0) is 15.9 Å². The molecular weight excluding hydrogens is 489 g/mol. The summed E-state index contributed by atoms with van der Waals surface area (Å²) in [5, 5.41) is 2.94. The smallest absolute Gasteiger partial charge is 0.327 e. The van der Waals surface area contributed by atoms with Crippen molar-refractivity contribution < 1.29 is 23.8 Å². The van der Waals surface area contributed by atoms with E-state index in [2.05, 4.69) is 16.4 Å². The van der Waals surface area contributed by atoms with E-state index in [9.17, 15) is 4.79 Å². The number of nitrogens with zero attached hydrogens (tertiary/aromatic N) is 1. The maximum Gasteiger partial charge on any atom is 0.327 e. The van der Waals surface area contributed by atoms with Crippen LogP contribution < -0.4 is 5.32 Å². The number of allylic oxidation sites excluding steroid dienone is 2. The molecule has 4 rings (SSSR count). The number of methoxy groups -OCH3 is 1. The predicted molar refractivity (Wildman–Crippen MR) is 147 cm³/mol. The van der Waals surface area contributed by atoms with E-state index in [1.54, 1.807) is 31.4 Å². The Morgan fingerprint density at radius 1 is 1.11 bits per heavy atom. The van der Waals surface area contributed by atoms with Crippen LogP contribution in [0.1, 0.15) is 38.4 Å². The van der Waals surface area contributed by atoms with Crippen LogP contribution in [0.3, 0.4) is 0 Å². The van der Waals surface area contributed by atoms with Gasteiger partial charge in [-0.1, -0.05) is 42.5 Å². The number of aryl methyl sites for hydroxylation is 2. The summed E-state index contributed by atoms with van der Waals surface area (Å²) in [5.41, 5.74) is 6.98. The van der Waals surface area contributed by atoms with Gasteiger partial charge in [-0.3, -0.25) is 4.79 Å². The van der Waals surface area contributed by atoms with Crippen molar-refractivity contribution in [3.05, 3.63) is 112 Å². The van der Waals surface area contributed by atoms with Crippen LogP contribution in [-0.4, -0.2) is 33.5 Å². The highest BCUT2D eigenvalue weighted by Gasteiger charge is 2.16. The zero-order valence-corrected chi connectivity index (χ0v) is 21.6. The third-order valence-corrected chi connectivity index (χ3v) is 6.07. The molecule has 0 atom stereocenters. The van der Waals surface area contributed by atoms with E-state index in [1.165, 1.54) is 0 Å². The van der Waals surface area contributed by atoms with Gasteiger partial charge in [-0.15, -0.1) is 0 Å². The van der Waals surface area contributed by atoms with Crippen molar-refractivity contribution in [3.63, 3.8) is 0 Å². The van der Waals surface area contributed by atoms with Gasteiger partial charge in [-0.05, 0) is 60.9 Å². The predicted octanol–water partition coefficient (Wildman–Crippen LogP) is 5.65. The Bertz CT molecular complexity index is 1420. The molecule has 0 radical (unpaired) electrons. The van der Waals surface area contributed by atoms with Gasteiger partial charge in [0.2, 0.25) is 0 Å². The van der Waals surface area contributed by atoms with Gasteiger partial charge in [0, 0.05) is 28.7 Å². The Morgan fingerprint density at radius 3 is 2.59 bits per heavy atom. The van der Waals surface area contributed by atoms with Crippen LogP contribution in [0.5, 0.6) is 0 Å². The molecule has 1 aliphatic heterocycles. The summed E-state index contributed by atoms with van der Waals surface area (Å²) in [5.74, 6) is 0.336. The quantitative estimate of drug-likeness (QED) is 0.274. The second-order valence-electron chi connectivity index (χ2n) is 8.39. The Hall–Kier alpha value is -3.81. The minimum absolute atomic E-state index is 0.0880. The molecule has 2 aromatic carbocycles. The zero-order valence-electron chi connectivity index (χ0n) is 20.7. The van der Waals surface area contributed by atoms with Gasteiger partial charge in [0.25, 0.3) is 5.91 Å². The highest BCUT2D eigenvalue weighted by molar-refractivity contribution is 7.39. The van der Waals surface area contributed by atoms with Crippen molar-refractivity contribution in [2.45, 2.75) is 20.5 Å². The van der Waals surface area contributed by atoms with E-state index in [-0.39, 0.29) is 12.5 Å². The molecule has 1 aliphatic rings. The van der Waals surface area contributed by atoms with Gasteiger partial charge in [0.1, 0.15) is 11.5 Å². The van der Waals surface area contributed by atoms with E-state index in [0.29, 0.717) is 22.6 Å². The number of aliphatic imine (C=N–C) groups is 1. The number of H-pyrrole nitrogens is 1. The van der Waals surface area contributed by atoms with Crippen molar-refractivity contribution in [1.29, 1.82) is 0 Å². The third kappa shape index (κ3) is 6.70. The molecule has 37 heavy (non-hydrogen) atoms. The van der Waals surface area contributed by atoms with Crippen molar-refractivity contribution in [3.8, 4) is 0 Å². The summed E-state index contributed by atoms with van der Waals surface area (Å²) < 4.78 is 10.4. The fourth-order valence-corrected chi connectivity index (χ4v) is 4.19. The number of hydrogen-bond donors (Lipinski definition) is 4. The van der Waals surface area contributed by atoms with Gasteiger partial charge < -0.3 is 29.3 Å². The first-order chi connectivity index (χ1) is 17.8. The molecule has 3 aromatic rings. The van der Waals surface area contributed by atoms with Gasteiger partial charge >= 0.3 is 8.60 Å². The van der Waals surface area contributed by atoms with Gasteiger partial charge in [0.15, 0.2) is 0 Å². The number of hydrogen-bond acceptors (Lipinski definition) is 6.